The zero-order valence-corrected chi connectivity index (χ0v) is 10.2. The maximum absolute atomic E-state index is 11.9. The molecule has 98 valence electrons. The number of nitrogens with zero attached hydrogens (tertiary/aromatic N) is 2. The first-order chi connectivity index (χ1) is 8.61. The lowest BCUT2D eigenvalue weighted by atomic mass is 9.99. The lowest BCUT2D eigenvalue weighted by Crippen LogP contribution is -2.39. The maximum Gasteiger partial charge on any atom is 0.287 e. The van der Waals surface area contributed by atoms with Crippen LogP contribution < -0.4 is 11.3 Å². The summed E-state index contributed by atoms with van der Waals surface area (Å²) in [6, 6.07) is 1.49. The molecule has 2 heterocycles. The van der Waals surface area contributed by atoms with Crippen molar-refractivity contribution in [3.63, 3.8) is 0 Å². The number of rotatable bonds is 3. The van der Waals surface area contributed by atoms with Gasteiger partial charge in [0.05, 0.1) is 6.54 Å². The molecular formula is C11H16N4O3. The van der Waals surface area contributed by atoms with Gasteiger partial charge in [0.15, 0.2) is 11.5 Å². The van der Waals surface area contributed by atoms with E-state index in [9.17, 15) is 9.59 Å². The Kier molecular flexibility index (Phi) is 3.61. The number of carbonyl (C=O) groups excluding carboxylic acids is 2. The first kappa shape index (κ1) is 12.6. The minimum atomic E-state index is -0.511. The number of nitrogen functional groups attached to an aromatic ring is 1. The second-order valence-corrected chi connectivity index (χ2v) is 4.45. The van der Waals surface area contributed by atoms with E-state index in [0.29, 0.717) is 18.8 Å². The molecule has 3 N–H and O–H groups in total. The van der Waals surface area contributed by atoms with E-state index in [1.807, 2.05) is 12.3 Å². The van der Waals surface area contributed by atoms with Crippen LogP contribution in [0.1, 0.15) is 36.0 Å². The van der Waals surface area contributed by atoms with E-state index in [1.165, 1.54) is 6.07 Å². The molecule has 1 unspecified atom stereocenters. The predicted molar refractivity (Wildman–Crippen MR) is 62.0 cm³/mol. The Morgan fingerprint density at radius 2 is 2.50 bits per heavy atom. The van der Waals surface area contributed by atoms with Crippen LogP contribution in [0.15, 0.2) is 10.6 Å². The summed E-state index contributed by atoms with van der Waals surface area (Å²) in [5.41, 5.74) is 2.09. The quantitative estimate of drug-likeness (QED) is 0.449. The molecule has 0 spiro atoms. The van der Waals surface area contributed by atoms with Gasteiger partial charge in [0, 0.05) is 18.5 Å². The normalized spacial score (nSPS) is 20.0. The average Bonchev–Trinajstić information content (AvgIpc) is 2.82. The number of likely N-dealkylation sites (tertiary alicyclic amines) is 1. The van der Waals surface area contributed by atoms with Crippen molar-refractivity contribution in [3.8, 4) is 0 Å². The van der Waals surface area contributed by atoms with Crippen LogP contribution >= 0.6 is 0 Å². The van der Waals surface area contributed by atoms with Gasteiger partial charge in [0.1, 0.15) is 0 Å². The van der Waals surface area contributed by atoms with Crippen molar-refractivity contribution in [2.45, 2.75) is 26.3 Å². The molecule has 0 radical (unpaired) electrons. The van der Waals surface area contributed by atoms with Crippen LogP contribution in [0.25, 0.3) is 0 Å². The molecule has 1 saturated heterocycles. The highest BCUT2D eigenvalue weighted by atomic mass is 16.5. The van der Waals surface area contributed by atoms with Crippen LogP contribution in [0.2, 0.25) is 0 Å². The fourth-order valence-corrected chi connectivity index (χ4v) is 2.05. The molecule has 1 aromatic rings. The van der Waals surface area contributed by atoms with Crippen molar-refractivity contribution in [2.75, 3.05) is 6.54 Å². The molecule has 7 nitrogen and oxygen atoms in total. The lowest BCUT2D eigenvalue weighted by Gasteiger charge is -2.29. The molecule has 0 saturated carbocycles. The van der Waals surface area contributed by atoms with Crippen molar-refractivity contribution < 1.29 is 14.1 Å². The number of piperidine rings is 1. The Hall–Kier alpha value is -1.89. The van der Waals surface area contributed by atoms with Crippen LogP contribution in [0.3, 0.4) is 0 Å². The van der Waals surface area contributed by atoms with Crippen molar-refractivity contribution in [3.05, 3.63) is 17.5 Å². The SMILES string of the molecule is CC1CCCN(Cc2cc(C(=O)NN)no2)C1=O. The van der Waals surface area contributed by atoms with Gasteiger partial charge in [-0.05, 0) is 12.8 Å². The highest BCUT2D eigenvalue weighted by Gasteiger charge is 2.26. The Balaban J connectivity index is 2.03. The predicted octanol–water partition coefficient (Wildman–Crippen LogP) is 0.0366. The van der Waals surface area contributed by atoms with Crippen molar-refractivity contribution in [1.82, 2.24) is 15.5 Å². The van der Waals surface area contributed by atoms with Gasteiger partial charge in [-0.2, -0.15) is 0 Å². The third-order valence-corrected chi connectivity index (χ3v) is 3.07. The standard InChI is InChI=1S/C11H16N4O3/c1-7-3-2-4-15(11(7)17)6-8-5-9(14-18-8)10(16)13-12/h5,7H,2-4,6,12H2,1H3,(H,13,16). The van der Waals surface area contributed by atoms with E-state index >= 15 is 0 Å². The molecule has 0 aliphatic carbocycles. The number of hydrazine groups is 1. The average molecular weight is 252 g/mol. The van der Waals surface area contributed by atoms with Gasteiger partial charge >= 0.3 is 0 Å². The third-order valence-electron chi connectivity index (χ3n) is 3.07. The minimum absolute atomic E-state index is 0.0495. The van der Waals surface area contributed by atoms with E-state index < -0.39 is 5.91 Å². The topological polar surface area (TPSA) is 101 Å². The number of carbonyl (C=O) groups is 2. The summed E-state index contributed by atoms with van der Waals surface area (Å²) >= 11 is 0. The summed E-state index contributed by atoms with van der Waals surface area (Å²) < 4.78 is 5.01. The van der Waals surface area contributed by atoms with E-state index in [0.717, 1.165) is 12.8 Å². The second kappa shape index (κ2) is 5.18. The second-order valence-electron chi connectivity index (χ2n) is 4.45. The van der Waals surface area contributed by atoms with Gasteiger partial charge in [0.25, 0.3) is 5.91 Å². The van der Waals surface area contributed by atoms with Crippen LogP contribution in [0.5, 0.6) is 0 Å². The van der Waals surface area contributed by atoms with Crippen LogP contribution in [0, 0.1) is 5.92 Å². The maximum atomic E-state index is 11.9. The molecule has 0 bridgehead atoms. The Morgan fingerprint density at radius 1 is 1.72 bits per heavy atom. The molecule has 1 aliphatic heterocycles. The molecule has 0 aromatic carbocycles. The molecule has 1 aromatic heterocycles. The zero-order valence-electron chi connectivity index (χ0n) is 10.2. The number of amides is 2. The number of hydrogen-bond acceptors (Lipinski definition) is 5. The van der Waals surface area contributed by atoms with Crippen LogP contribution in [-0.2, 0) is 11.3 Å². The molecule has 1 fully saturated rings. The largest absolute Gasteiger partial charge is 0.359 e. The van der Waals surface area contributed by atoms with E-state index in [-0.39, 0.29) is 17.5 Å². The Labute approximate surface area is 104 Å². The van der Waals surface area contributed by atoms with Gasteiger partial charge < -0.3 is 9.42 Å². The Morgan fingerprint density at radius 3 is 3.22 bits per heavy atom. The van der Waals surface area contributed by atoms with Gasteiger partial charge in [-0.1, -0.05) is 12.1 Å². The zero-order chi connectivity index (χ0) is 13.1. The van der Waals surface area contributed by atoms with Gasteiger partial charge in [0.2, 0.25) is 5.91 Å². The Bertz CT molecular complexity index is 457. The summed E-state index contributed by atoms with van der Waals surface area (Å²) in [5.74, 6) is 5.13. The first-order valence-electron chi connectivity index (χ1n) is 5.87. The fourth-order valence-electron chi connectivity index (χ4n) is 2.05. The van der Waals surface area contributed by atoms with Gasteiger partial charge in [-0.15, -0.1) is 0 Å². The fraction of sp³-hybridized carbons (Fsp3) is 0.545. The summed E-state index contributed by atoms with van der Waals surface area (Å²) in [5, 5.41) is 3.59. The summed E-state index contributed by atoms with van der Waals surface area (Å²) in [4.78, 5) is 24.8. The van der Waals surface area contributed by atoms with E-state index in [1.54, 1.807) is 4.90 Å². The summed E-state index contributed by atoms with van der Waals surface area (Å²) in [6.45, 7) is 2.97. The molecular weight excluding hydrogens is 236 g/mol. The molecule has 2 rings (SSSR count). The smallest absolute Gasteiger partial charge is 0.287 e. The monoisotopic (exact) mass is 252 g/mol. The summed E-state index contributed by atoms with van der Waals surface area (Å²) in [7, 11) is 0. The van der Waals surface area contributed by atoms with Crippen molar-refractivity contribution in [2.24, 2.45) is 11.8 Å². The highest BCUT2D eigenvalue weighted by molar-refractivity contribution is 5.91. The number of aromatic nitrogens is 1. The van der Waals surface area contributed by atoms with Crippen molar-refractivity contribution in [1.29, 1.82) is 0 Å². The number of nitrogens with two attached hydrogens (primary N) is 1. The van der Waals surface area contributed by atoms with Crippen molar-refractivity contribution >= 4 is 11.8 Å². The highest BCUT2D eigenvalue weighted by Crippen LogP contribution is 2.19. The molecule has 18 heavy (non-hydrogen) atoms. The number of nitrogens with one attached hydrogen (secondary N) is 1. The van der Waals surface area contributed by atoms with E-state index in [2.05, 4.69) is 5.16 Å². The molecule has 1 atom stereocenters. The van der Waals surface area contributed by atoms with Crippen LogP contribution in [0.4, 0.5) is 0 Å². The molecule has 2 amide bonds. The summed E-state index contributed by atoms with van der Waals surface area (Å²) in [6.07, 6.45) is 1.91. The third kappa shape index (κ3) is 2.51. The minimum Gasteiger partial charge on any atom is -0.359 e. The van der Waals surface area contributed by atoms with Crippen LogP contribution in [-0.4, -0.2) is 28.4 Å². The molecule has 7 heteroatoms. The van der Waals surface area contributed by atoms with E-state index in [4.69, 9.17) is 10.4 Å². The number of hydrogen-bond donors (Lipinski definition) is 2. The van der Waals surface area contributed by atoms with Gasteiger partial charge in [-0.3, -0.25) is 15.0 Å². The lowest BCUT2D eigenvalue weighted by molar-refractivity contribution is -0.138. The first-order valence-corrected chi connectivity index (χ1v) is 5.87. The molecule has 1 aliphatic rings. The van der Waals surface area contributed by atoms with Gasteiger partial charge in [-0.25, -0.2) is 5.84 Å².